The van der Waals surface area contributed by atoms with Crippen molar-refractivity contribution in [2.75, 3.05) is 0 Å². The molecule has 7 heteroatoms. The molecule has 0 aliphatic heterocycles. The maximum Gasteiger partial charge on any atom is 0.282 e. The first kappa shape index (κ1) is 14.0. The van der Waals surface area contributed by atoms with Crippen LogP contribution in [0.2, 0.25) is 0 Å². The molecular weight excluding hydrogens is 388 g/mol. The Morgan fingerprint density at radius 1 is 1.30 bits per heavy atom. The number of rotatable bonds is 3. The highest BCUT2D eigenvalue weighted by molar-refractivity contribution is 9.13. The van der Waals surface area contributed by atoms with Crippen LogP contribution >= 0.6 is 31.9 Å². The van der Waals surface area contributed by atoms with Gasteiger partial charge in [0, 0.05) is 6.20 Å². The van der Waals surface area contributed by atoms with Crippen LogP contribution in [0.1, 0.15) is 37.4 Å². The van der Waals surface area contributed by atoms with E-state index in [1.54, 1.807) is 6.20 Å². The number of hydrogen-bond donors (Lipinski definition) is 0. The highest BCUT2D eigenvalue weighted by Crippen LogP contribution is 2.28. The zero-order valence-electron chi connectivity index (χ0n) is 10.8. The summed E-state index contributed by atoms with van der Waals surface area (Å²) < 4.78 is 4.59. The quantitative estimate of drug-likeness (QED) is 0.793. The van der Waals surface area contributed by atoms with Gasteiger partial charge in [0.05, 0.1) is 29.0 Å². The minimum atomic E-state index is -0.158. The summed E-state index contributed by atoms with van der Waals surface area (Å²) in [5.41, 5.74) is 0.704. The molecule has 0 spiro atoms. The Morgan fingerprint density at radius 3 is 2.80 bits per heavy atom. The molecule has 5 nitrogen and oxygen atoms in total. The zero-order chi connectivity index (χ0) is 14.1. The monoisotopic (exact) mass is 400 g/mol. The van der Waals surface area contributed by atoms with Gasteiger partial charge in [0.15, 0.2) is 0 Å². The van der Waals surface area contributed by atoms with E-state index in [-0.39, 0.29) is 5.56 Å². The molecule has 0 amide bonds. The second-order valence-corrected chi connectivity index (χ2v) is 6.64. The normalized spacial score (nSPS) is 15.9. The van der Waals surface area contributed by atoms with Crippen LogP contribution in [0.5, 0.6) is 0 Å². The van der Waals surface area contributed by atoms with Gasteiger partial charge in [-0.15, -0.1) is 0 Å². The maximum absolute atomic E-state index is 12.0. The summed E-state index contributed by atoms with van der Waals surface area (Å²) in [6, 6.07) is 2.48. The van der Waals surface area contributed by atoms with Gasteiger partial charge in [-0.3, -0.25) is 9.48 Å². The zero-order valence-corrected chi connectivity index (χ0v) is 14.0. The third-order valence-corrected chi connectivity index (χ3v) is 5.52. The van der Waals surface area contributed by atoms with Crippen LogP contribution in [0, 0.1) is 0 Å². The summed E-state index contributed by atoms with van der Waals surface area (Å²) >= 11 is 6.53. The van der Waals surface area contributed by atoms with Crippen molar-refractivity contribution in [2.45, 2.75) is 38.3 Å². The van der Waals surface area contributed by atoms with Gasteiger partial charge in [-0.1, -0.05) is 12.8 Å². The Hall–Kier alpha value is -0.950. The lowest BCUT2D eigenvalue weighted by Crippen LogP contribution is -2.24. The molecule has 1 aliphatic rings. The lowest BCUT2D eigenvalue weighted by Gasteiger charge is -2.09. The molecule has 0 atom stereocenters. The topological polar surface area (TPSA) is 52.7 Å². The van der Waals surface area contributed by atoms with Crippen LogP contribution in [0.15, 0.2) is 32.2 Å². The second kappa shape index (κ2) is 5.81. The Balaban J connectivity index is 1.81. The second-order valence-electron chi connectivity index (χ2n) is 4.99. The number of halogens is 2. The highest BCUT2D eigenvalue weighted by Gasteiger charge is 2.17. The van der Waals surface area contributed by atoms with Gasteiger partial charge in [0.25, 0.3) is 5.56 Å². The third kappa shape index (κ3) is 2.74. The number of hydrogen-bond acceptors (Lipinski definition) is 3. The molecule has 0 N–H and O–H groups in total. The van der Waals surface area contributed by atoms with Crippen LogP contribution in [0.3, 0.4) is 0 Å². The molecule has 0 bridgehead atoms. The van der Waals surface area contributed by atoms with Crippen molar-refractivity contribution in [1.29, 1.82) is 0 Å². The van der Waals surface area contributed by atoms with Crippen LogP contribution in [0.4, 0.5) is 0 Å². The lowest BCUT2D eigenvalue weighted by atomic mass is 10.3. The molecule has 1 saturated carbocycles. The van der Waals surface area contributed by atoms with Gasteiger partial charge in [-0.25, -0.2) is 4.68 Å². The summed E-state index contributed by atoms with van der Waals surface area (Å²) in [6.07, 6.45) is 8.57. The minimum absolute atomic E-state index is 0.158. The van der Waals surface area contributed by atoms with E-state index >= 15 is 0 Å². The fraction of sp³-hybridized carbons (Fsp3) is 0.462. The van der Waals surface area contributed by atoms with Crippen molar-refractivity contribution in [1.82, 2.24) is 19.6 Å². The predicted octanol–water partition coefficient (Wildman–Crippen LogP) is 3.13. The smallest absolute Gasteiger partial charge is 0.269 e. The Morgan fingerprint density at radius 2 is 2.05 bits per heavy atom. The van der Waals surface area contributed by atoms with E-state index in [0.29, 0.717) is 21.5 Å². The van der Waals surface area contributed by atoms with E-state index < -0.39 is 0 Å². The molecule has 2 aromatic rings. The van der Waals surface area contributed by atoms with Crippen LogP contribution in [0.25, 0.3) is 0 Å². The molecule has 20 heavy (non-hydrogen) atoms. The van der Waals surface area contributed by atoms with Crippen LogP contribution in [-0.4, -0.2) is 19.6 Å². The molecule has 1 fully saturated rings. The standard InChI is InChI=1S/C13H14Br2N4O/c14-11-7-16-19(13(20)12(11)15)8-9-5-6-18(17-9)10-3-1-2-4-10/h5-7,10H,1-4,8H2. The van der Waals surface area contributed by atoms with Crippen molar-refractivity contribution in [3.05, 3.63) is 43.5 Å². The first-order valence-electron chi connectivity index (χ1n) is 6.60. The Labute approximate surface area is 133 Å². The highest BCUT2D eigenvalue weighted by atomic mass is 79.9. The van der Waals surface area contributed by atoms with Crippen molar-refractivity contribution in [3.8, 4) is 0 Å². The van der Waals surface area contributed by atoms with Crippen molar-refractivity contribution in [2.24, 2.45) is 0 Å². The number of aromatic nitrogens is 4. The Bertz CT molecular complexity index is 673. The van der Waals surface area contributed by atoms with Gasteiger partial charge in [-0.2, -0.15) is 10.2 Å². The maximum atomic E-state index is 12.0. The average molecular weight is 402 g/mol. The molecule has 3 rings (SSSR count). The SMILES string of the molecule is O=c1c(Br)c(Br)cnn1Cc1ccn(C2CCCC2)n1. The summed E-state index contributed by atoms with van der Waals surface area (Å²) in [5.74, 6) is 0. The van der Waals surface area contributed by atoms with E-state index in [0.717, 1.165) is 5.69 Å². The Kier molecular flexibility index (Phi) is 4.07. The third-order valence-electron chi connectivity index (χ3n) is 3.62. The lowest BCUT2D eigenvalue weighted by molar-refractivity contribution is 0.459. The first-order valence-corrected chi connectivity index (χ1v) is 8.19. The minimum Gasteiger partial charge on any atom is -0.269 e. The van der Waals surface area contributed by atoms with Crippen LogP contribution in [-0.2, 0) is 6.54 Å². The molecule has 2 aromatic heterocycles. The average Bonchev–Trinajstić information content (AvgIpc) is 3.10. The fourth-order valence-electron chi connectivity index (χ4n) is 2.54. The van der Waals surface area contributed by atoms with E-state index in [1.165, 1.54) is 30.4 Å². The molecule has 2 heterocycles. The largest absolute Gasteiger partial charge is 0.282 e. The van der Waals surface area contributed by atoms with Crippen molar-refractivity contribution < 1.29 is 0 Å². The summed E-state index contributed by atoms with van der Waals surface area (Å²) in [6.45, 7) is 0.393. The first-order chi connectivity index (χ1) is 9.65. The van der Waals surface area contributed by atoms with E-state index in [1.807, 2.05) is 16.9 Å². The molecule has 0 saturated heterocycles. The molecular formula is C13H14Br2N4O. The molecule has 0 unspecified atom stereocenters. The number of nitrogens with zero attached hydrogens (tertiary/aromatic N) is 4. The predicted molar refractivity (Wildman–Crippen MR) is 82.7 cm³/mol. The van der Waals surface area contributed by atoms with Gasteiger partial charge in [0.1, 0.15) is 4.47 Å². The molecule has 106 valence electrons. The van der Waals surface area contributed by atoms with Gasteiger partial charge >= 0.3 is 0 Å². The van der Waals surface area contributed by atoms with E-state index in [9.17, 15) is 4.79 Å². The van der Waals surface area contributed by atoms with Gasteiger partial charge in [0.2, 0.25) is 0 Å². The fourth-order valence-corrected chi connectivity index (χ4v) is 3.11. The van der Waals surface area contributed by atoms with Gasteiger partial charge in [-0.05, 0) is 50.8 Å². The van der Waals surface area contributed by atoms with Gasteiger partial charge < -0.3 is 0 Å². The molecule has 0 radical (unpaired) electrons. The molecule has 0 aromatic carbocycles. The van der Waals surface area contributed by atoms with E-state index in [4.69, 9.17) is 0 Å². The van der Waals surface area contributed by atoms with Crippen molar-refractivity contribution >= 4 is 31.9 Å². The van der Waals surface area contributed by atoms with E-state index in [2.05, 4.69) is 42.1 Å². The van der Waals surface area contributed by atoms with Crippen LogP contribution < -0.4 is 5.56 Å². The summed E-state index contributed by atoms with van der Waals surface area (Å²) in [5, 5.41) is 8.69. The van der Waals surface area contributed by atoms with Crippen molar-refractivity contribution in [3.63, 3.8) is 0 Å². The summed E-state index contributed by atoms with van der Waals surface area (Å²) in [4.78, 5) is 12.0. The summed E-state index contributed by atoms with van der Waals surface area (Å²) in [7, 11) is 0. The molecule has 1 aliphatic carbocycles.